The van der Waals surface area contributed by atoms with Gasteiger partial charge < -0.3 is 10.0 Å². The van der Waals surface area contributed by atoms with Gasteiger partial charge in [-0.2, -0.15) is 0 Å². The van der Waals surface area contributed by atoms with Crippen molar-refractivity contribution in [2.45, 2.75) is 66.2 Å². The Bertz CT molecular complexity index is 253. The molecule has 0 aliphatic heterocycles. The number of allylic oxidation sites excluding steroid dienone is 3. The van der Waals surface area contributed by atoms with Crippen molar-refractivity contribution in [3.63, 3.8) is 0 Å². The van der Waals surface area contributed by atoms with Crippen LogP contribution in [0, 0.1) is 0 Å². The van der Waals surface area contributed by atoms with E-state index in [1.54, 1.807) is 12.2 Å². The van der Waals surface area contributed by atoms with Crippen LogP contribution in [0.25, 0.3) is 0 Å². The number of nitrogens with zero attached hydrogens (tertiary/aromatic N) is 1. The number of carbonyl (C=O) groups is 1. The number of carboxylic acid groups (broad SMARTS) is 1. The minimum Gasteiger partial charge on any atom is -0.478 e. The van der Waals surface area contributed by atoms with Crippen LogP contribution in [0.5, 0.6) is 0 Å². The Hall–Kier alpha value is -1.09. The second-order valence-electron chi connectivity index (χ2n) is 5.13. The van der Waals surface area contributed by atoms with E-state index in [1.165, 1.54) is 64.2 Å². The summed E-state index contributed by atoms with van der Waals surface area (Å²) in [6.45, 7) is 12.6. The van der Waals surface area contributed by atoms with Crippen molar-refractivity contribution in [2.75, 3.05) is 19.6 Å². The topological polar surface area (TPSA) is 40.5 Å². The van der Waals surface area contributed by atoms with Crippen LogP contribution in [-0.2, 0) is 4.79 Å². The highest BCUT2D eigenvalue weighted by molar-refractivity contribution is 5.80. The lowest BCUT2D eigenvalue weighted by atomic mass is 10.2. The van der Waals surface area contributed by atoms with Gasteiger partial charge in [-0.05, 0) is 45.8 Å². The van der Waals surface area contributed by atoms with E-state index in [9.17, 15) is 4.79 Å². The fourth-order valence-corrected chi connectivity index (χ4v) is 1.73. The van der Waals surface area contributed by atoms with Crippen LogP contribution in [0.4, 0.5) is 0 Å². The van der Waals surface area contributed by atoms with Crippen molar-refractivity contribution < 1.29 is 9.90 Å². The molecule has 0 aliphatic carbocycles. The first kappa shape index (κ1) is 22.2. The van der Waals surface area contributed by atoms with Gasteiger partial charge in [0.25, 0.3) is 0 Å². The number of aliphatic carboxylic acids is 1. The molecule has 0 amide bonds. The summed E-state index contributed by atoms with van der Waals surface area (Å²) >= 11 is 0. The molecule has 0 unspecified atom stereocenters. The molecule has 0 spiro atoms. The number of unbranched alkanes of at least 4 members (excludes halogenated alkanes) is 3. The first-order valence-electron chi connectivity index (χ1n) is 8.36. The maximum atomic E-state index is 9.75. The first-order chi connectivity index (χ1) is 10.1. The predicted octanol–water partition coefficient (Wildman–Crippen LogP) is 4.89. The Labute approximate surface area is 131 Å². The maximum absolute atomic E-state index is 9.75. The molecule has 1 N–H and O–H groups in total. The third kappa shape index (κ3) is 21.4. The zero-order chi connectivity index (χ0) is 16.3. The van der Waals surface area contributed by atoms with E-state index in [-0.39, 0.29) is 0 Å². The molecule has 0 atom stereocenters. The molecule has 0 fully saturated rings. The van der Waals surface area contributed by atoms with E-state index in [4.69, 9.17) is 5.11 Å². The normalized spacial score (nSPS) is 11.1. The minimum absolute atomic E-state index is 0.914. The minimum atomic E-state index is -0.914. The van der Waals surface area contributed by atoms with Gasteiger partial charge in [-0.3, -0.25) is 0 Å². The van der Waals surface area contributed by atoms with E-state index >= 15 is 0 Å². The Morgan fingerprint density at radius 2 is 1.33 bits per heavy atom. The van der Waals surface area contributed by atoms with Gasteiger partial charge in [-0.1, -0.05) is 58.3 Å². The SMILES string of the molecule is CC=CC=CC(=O)O.CCCCN(CCCC)CCCC. The first-order valence-corrected chi connectivity index (χ1v) is 8.36. The average molecular weight is 297 g/mol. The lowest BCUT2D eigenvalue weighted by molar-refractivity contribution is -0.131. The molecule has 21 heavy (non-hydrogen) atoms. The summed E-state index contributed by atoms with van der Waals surface area (Å²) in [5, 5.41) is 8.02. The molecule has 0 aliphatic rings. The number of rotatable bonds is 11. The molecule has 0 aromatic rings. The van der Waals surface area contributed by atoms with E-state index in [0.29, 0.717) is 0 Å². The lowest BCUT2D eigenvalue weighted by Crippen LogP contribution is -2.27. The van der Waals surface area contributed by atoms with Crippen molar-refractivity contribution in [2.24, 2.45) is 0 Å². The quantitative estimate of drug-likeness (QED) is 0.436. The Kier molecular flexibility index (Phi) is 20.0. The molecular formula is C18H35NO2. The second kappa shape index (κ2) is 18.9. The zero-order valence-corrected chi connectivity index (χ0v) is 14.5. The number of hydrogen-bond acceptors (Lipinski definition) is 2. The van der Waals surface area contributed by atoms with Crippen LogP contribution in [0.1, 0.15) is 66.2 Å². The lowest BCUT2D eigenvalue weighted by Gasteiger charge is -2.21. The van der Waals surface area contributed by atoms with Gasteiger partial charge in [-0.25, -0.2) is 4.79 Å². The van der Waals surface area contributed by atoms with Crippen molar-refractivity contribution in [1.29, 1.82) is 0 Å². The average Bonchev–Trinajstić information content (AvgIpc) is 2.47. The second-order valence-corrected chi connectivity index (χ2v) is 5.13. The molecule has 124 valence electrons. The molecule has 0 bridgehead atoms. The molecular weight excluding hydrogens is 262 g/mol. The largest absolute Gasteiger partial charge is 0.478 e. The van der Waals surface area contributed by atoms with E-state index in [2.05, 4.69) is 25.7 Å². The summed E-state index contributed by atoms with van der Waals surface area (Å²) in [6, 6.07) is 0. The summed E-state index contributed by atoms with van der Waals surface area (Å²) in [5.41, 5.74) is 0. The smallest absolute Gasteiger partial charge is 0.328 e. The Morgan fingerprint density at radius 1 is 0.905 bits per heavy atom. The molecule has 0 aromatic heterocycles. The molecule has 0 radical (unpaired) electrons. The zero-order valence-electron chi connectivity index (χ0n) is 14.5. The standard InChI is InChI=1S/C12H27N.C6H8O2/c1-4-7-10-13(11-8-5-2)12-9-6-3;1-2-3-4-5-6(7)8/h4-12H2,1-3H3;2-5H,1H3,(H,7,8). The van der Waals surface area contributed by atoms with Crippen molar-refractivity contribution in [3.8, 4) is 0 Å². The summed E-state index contributed by atoms with van der Waals surface area (Å²) in [7, 11) is 0. The summed E-state index contributed by atoms with van der Waals surface area (Å²) < 4.78 is 0. The van der Waals surface area contributed by atoms with Gasteiger partial charge in [-0.15, -0.1) is 0 Å². The summed E-state index contributed by atoms with van der Waals surface area (Å²) in [4.78, 5) is 12.4. The highest BCUT2D eigenvalue weighted by Crippen LogP contribution is 2.01. The Balaban J connectivity index is 0. The van der Waals surface area contributed by atoms with Gasteiger partial charge in [0.1, 0.15) is 0 Å². The maximum Gasteiger partial charge on any atom is 0.328 e. The van der Waals surface area contributed by atoms with Gasteiger partial charge in [0.15, 0.2) is 0 Å². The fourth-order valence-electron chi connectivity index (χ4n) is 1.73. The van der Waals surface area contributed by atoms with Crippen LogP contribution in [0.2, 0.25) is 0 Å². The monoisotopic (exact) mass is 297 g/mol. The van der Waals surface area contributed by atoms with Crippen molar-refractivity contribution >= 4 is 5.97 Å². The van der Waals surface area contributed by atoms with Gasteiger partial charge in [0, 0.05) is 6.08 Å². The molecule has 0 saturated heterocycles. The van der Waals surface area contributed by atoms with Crippen LogP contribution in [0.3, 0.4) is 0 Å². The van der Waals surface area contributed by atoms with Crippen LogP contribution in [0.15, 0.2) is 24.3 Å². The number of hydrogen-bond donors (Lipinski definition) is 1. The molecule has 0 heterocycles. The highest BCUT2D eigenvalue weighted by Gasteiger charge is 2.01. The van der Waals surface area contributed by atoms with Crippen molar-refractivity contribution in [1.82, 2.24) is 4.90 Å². The highest BCUT2D eigenvalue weighted by atomic mass is 16.4. The molecule has 3 heteroatoms. The van der Waals surface area contributed by atoms with Crippen LogP contribution in [-0.4, -0.2) is 35.6 Å². The summed E-state index contributed by atoms with van der Waals surface area (Å²) in [6.07, 6.45) is 14.1. The third-order valence-corrected chi connectivity index (χ3v) is 3.03. The van der Waals surface area contributed by atoms with Gasteiger partial charge >= 0.3 is 5.97 Å². The van der Waals surface area contributed by atoms with Gasteiger partial charge in [0.05, 0.1) is 0 Å². The molecule has 0 aromatic carbocycles. The Morgan fingerprint density at radius 3 is 1.62 bits per heavy atom. The molecule has 3 nitrogen and oxygen atoms in total. The fraction of sp³-hybridized carbons (Fsp3) is 0.722. The van der Waals surface area contributed by atoms with E-state index in [1.807, 2.05) is 6.92 Å². The van der Waals surface area contributed by atoms with Crippen LogP contribution < -0.4 is 0 Å². The van der Waals surface area contributed by atoms with E-state index in [0.717, 1.165) is 6.08 Å². The summed E-state index contributed by atoms with van der Waals surface area (Å²) in [5.74, 6) is -0.914. The third-order valence-electron chi connectivity index (χ3n) is 3.03. The number of carboxylic acids is 1. The predicted molar refractivity (Wildman–Crippen MR) is 92.8 cm³/mol. The van der Waals surface area contributed by atoms with E-state index < -0.39 is 5.97 Å². The van der Waals surface area contributed by atoms with Crippen LogP contribution >= 0.6 is 0 Å². The molecule has 0 saturated carbocycles. The van der Waals surface area contributed by atoms with Gasteiger partial charge in [0.2, 0.25) is 0 Å². The molecule has 0 rings (SSSR count). The van der Waals surface area contributed by atoms with Crippen molar-refractivity contribution in [3.05, 3.63) is 24.3 Å².